The number of hydrogen-bond acceptors (Lipinski definition) is 5. The second kappa shape index (κ2) is 9.75. The second-order valence-electron chi connectivity index (χ2n) is 7.75. The molecule has 2 aliphatic rings. The van der Waals surface area contributed by atoms with Crippen molar-refractivity contribution in [3.63, 3.8) is 0 Å². The molecule has 0 saturated carbocycles. The number of rotatable bonds is 7. The van der Waals surface area contributed by atoms with Gasteiger partial charge in [-0.1, -0.05) is 13.8 Å². The Morgan fingerprint density at radius 3 is 2.59 bits per heavy atom. The lowest BCUT2D eigenvalue weighted by molar-refractivity contribution is -0.387. The molecular weight excluding hydrogens is 386 g/mol. The van der Waals surface area contributed by atoms with E-state index in [-0.39, 0.29) is 35.0 Å². The molecule has 0 aliphatic carbocycles. The first-order valence-corrected chi connectivity index (χ1v) is 10.4. The Bertz CT molecular complexity index is 674. The van der Waals surface area contributed by atoms with Gasteiger partial charge >= 0.3 is 0 Å². The summed E-state index contributed by atoms with van der Waals surface area (Å²) >= 11 is 1.49. The van der Waals surface area contributed by atoms with Gasteiger partial charge in [-0.25, -0.2) is 0 Å². The summed E-state index contributed by atoms with van der Waals surface area (Å²) in [5.41, 5.74) is 0.396. The van der Waals surface area contributed by atoms with E-state index in [9.17, 15) is 14.9 Å². The Morgan fingerprint density at radius 2 is 2.00 bits per heavy atom. The predicted molar refractivity (Wildman–Crippen MR) is 111 cm³/mol. The minimum atomic E-state index is -0.390. The van der Waals surface area contributed by atoms with Crippen molar-refractivity contribution in [3.8, 4) is 0 Å². The summed E-state index contributed by atoms with van der Waals surface area (Å²) in [6, 6.07) is 5.98. The van der Waals surface area contributed by atoms with Gasteiger partial charge in [-0.3, -0.25) is 14.9 Å². The van der Waals surface area contributed by atoms with Gasteiger partial charge in [-0.15, -0.1) is 24.2 Å². The quantitative estimate of drug-likeness (QED) is 0.398. The van der Waals surface area contributed by atoms with E-state index in [1.54, 1.807) is 12.1 Å². The summed E-state index contributed by atoms with van der Waals surface area (Å²) in [4.78, 5) is 24.2. The molecule has 2 fully saturated rings. The number of benzene rings is 1. The molecule has 2 heterocycles. The van der Waals surface area contributed by atoms with Crippen molar-refractivity contribution in [2.24, 2.45) is 5.92 Å². The van der Waals surface area contributed by atoms with E-state index < -0.39 is 0 Å². The van der Waals surface area contributed by atoms with Crippen LogP contribution in [0.1, 0.15) is 56.3 Å². The number of nitrogens with one attached hydrogen (secondary N) is 2. The van der Waals surface area contributed by atoms with E-state index >= 15 is 0 Å². The van der Waals surface area contributed by atoms with Gasteiger partial charge in [0.2, 0.25) is 0 Å². The zero-order valence-electron chi connectivity index (χ0n) is 15.8. The van der Waals surface area contributed by atoms with Gasteiger partial charge in [0.15, 0.2) is 0 Å². The molecule has 2 aliphatic heterocycles. The number of thioether (sulfide) groups is 1. The van der Waals surface area contributed by atoms with Gasteiger partial charge in [0, 0.05) is 29.8 Å². The Hall–Kier alpha value is -1.31. The summed E-state index contributed by atoms with van der Waals surface area (Å²) in [5, 5.41) is 18.1. The van der Waals surface area contributed by atoms with Gasteiger partial charge in [0.25, 0.3) is 11.6 Å². The number of nitro groups is 1. The summed E-state index contributed by atoms with van der Waals surface area (Å²) in [5.74, 6) is 1.19. The summed E-state index contributed by atoms with van der Waals surface area (Å²) in [6.45, 7) is 4.27. The number of carbonyl (C=O) groups excluding carboxylic acids is 1. The van der Waals surface area contributed by atoms with Crippen LogP contribution in [0.15, 0.2) is 23.1 Å². The molecule has 2 saturated heterocycles. The third kappa shape index (κ3) is 5.83. The van der Waals surface area contributed by atoms with Crippen LogP contribution in [-0.2, 0) is 0 Å². The summed E-state index contributed by atoms with van der Waals surface area (Å²) in [6.07, 6.45) is 5.22. The highest BCUT2D eigenvalue weighted by Gasteiger charge is 2.34. The standard InChI is InChI=1S/C19H27N3O3S.ClH/c1-12(2)7-8-26-18-6-3-13(9-17(18)22(24)25)19(23)21-16-10-14-4-5-15(11-16)20-14;/h3,6,9,12,14-16,20H,4-5,7-8,10-11H2,1-2H3,(H,21,23);1H. The molecule has 2 bridgehead atoms. The third-order valence-electron chi connectivity index (χ3n) is 5.18. The first-order valence-electron chi connectivity index (χ1n) is 9.40. The van der Waals surface area contributed by atoms with Crippen LogP contribution in [0.5, 0.6) is 0 Å². The molecule has 2 atom stereocenters. The maximum absolute atomic E-state index is 12.6. The lowest BCUT2D eigenvalue weighted by Gasteiger charge is -2.29. The van der Waals surface area contributed by atoms with Gasteiger partial charge in [0.05, 0.1) is 9.82 Å². The van der Waals surface area contributed by atoms with Gasteiger partial charge in [-0.2, -0.15) is 0 Å². The average Bonchev–Trinajstić information content (AvgIpc) is 2.93. The maximum atomic E-state index is 12.6. The van der Waals surface area contributed by atoms with E-state index in [2.05, 4.69) is 24.5 Å². The minimum absolute atomic E-state index is 0. The maximum Gasteiger partial charge on any atom is 0.283 e. The van der Waals surface area contributed by atoms with E-state index in [1.165, 1.54) is 30.7 Å². The fraction of sp³-hybridized carbons (Fsp3) is 0.632. The number of hydrogen-bond donors (Lipinski definition) is 2. The highest BCUT2D eigenvalue weighted by atomic mass is 35.5. The molecule has 27 heavy (non-hydrogen) atoms. The smallest absolute Gasteiger partial charge is 0.283 e. The Balaban J connectivity index is 0.00000261. The zero-order chi connectivity index (χ0) is 18.7. The lowest BCUT2D eigenvalue weighted by atomic mass is 9.99. The molecule has 6 nitrogen and oxygen atoms in total. The first-order chi connectivity index (χ1) is 12.4. The van der Waals surface area contributed by atoms with Crippen LogP contribution in [0.4, 0.5) is 5.69 Å². The number of carbonyl (C=O) groups is 1. The Kier molecular flexibility index (Phi) is 7.94. The Labute approximate surface area is 170 Å². The third-order valence-corrected chi connectivity index (χ3v) is 6.27. The SMILES string of the molecule is CC(C)CCSc1ccc(C(=O)NC2CC3CCC(C2)N3)cc1[N+](=O)[O-].Cl. The average molecular weight is 414 g/mol. The zero-order valence-corrected chi connectivity index (χ0v) is 17.4. The minimum Gasteiger partial charge on any atom is -0.349 e. The molecule has 2 unspecified atom stereocenters. The molecular formula is C19H28ClN3O3S. The molecule has 3 rings (SSSR count). The first kappa shape index (κ1) is 22.0. The molecule has 1 amide bonds. The van der Waals surface area contributed by atoms with Crippen LogP contribution in [0, 0.1) is 16.0 Å². The highest BCUT2D eigenvalue weighted by molar-refractivity contribution is 7.99. The van der Waals surface area contributed by atoms with E-state index in [0.717, 1.165) is 25.0 Å². The monoisotopic (exact) mass is 413 g/mol. The van der Waals surface area contributed by atoms with Crippen molar-refractivity contribution >= 4 is 35.8 Å². The second-order valence-corrected chi connectivity index (χ2v) is 8.89. The van der Waals surface area contributed by atoms with Crippen LogP contribution < -0.4 is 10.6 Å². The van der Waals surface area contributed by atoms with Crippen LogP contribution in [0.2, 0.25) is 0 Å². The largest absolute Gasteiger partial charge is 0.349 e. The van der Waals surface area contributed by atoms with Crippen molar-refractivity contribution in [3.05, 3.63) is 33.9 Å². The van der Waals surface area contributed by atoms with Crippen molar-refractivity contribution in [1.82, 2.24) is 10.6 Å². The topological polar surface area (TPSA) is 84.3 Å². The Morgan fingerprint density at radius 1 is 1.33 bits per heavy atom. The number of amides is 1. The van der Waals surface area contributed by atoms with Crippen LogP contribution in [0.25, 0.3) is 0 Å². The predicted octanol–water partition coefficient (Wildman–Crippen LogP) is 4.17. The molecule has 2 N–H and O–H groups in total. The normalized spacial score (nSPS) is 23.7. The lowest BCUT2D eigenvalue weighted by Crippen LogP contribution is -2.48. The van der Waals surface area contributed by atoms with Crippen LogP contribution in [0.3, 0.4) is 0 Å². The van der Waals surface area contributed by atoms with E-state index in [4.69, 9.17) is 0 Å². The summed E-state index contributed by atoms with van der Waals surface area (Å²) < 4.78 is 0. The molecule has 0 aromatic heterocycles. The molecule has 0 radical (unpaired) electrons. The number of nitro benzene ring substituents is 1. The van der Waals surface area contributed by atoms with Gasteiger partial charge < -0.3 is 10.6 Å². The van der Waals surface area contributed by atoms with Crippen LogP contribution in [-0.4, -0.2) is 34.7 Å². The molecule has 0 spiro atoms. The van der Waals surface area contributed by atoms with E-state index in [1.807, 2.05) is 0 Å². The number of halogens is 1. The molecule has 150 valence electrons. The van der Waals surface area contributed by atoms with Crippen LogP contribution >= 0.6 is 24.2 Å². The van der Waals surface area contributed by atoms with Crippen molar-refractivity contribution < 1.29 is 9.72 Å². The fourth-order valence-corrected chi connectivity index (χ4v) is 5.03. The number of piperidine rings is 1. The van der Waals surface area contributed by atoms with Gasteiger partial charge in [0.1, 0.15) is 0 Å². The van der Waals surface area contributed by atoms with Gasteiger partial charge in [-0.05, 0) is 55.9 Å². The van der Waals surface area contributed by atoms with Crippen molar-refractivity contribution in [2.75, 3.05) is 5.75 Å². The number of fused-ring (bicyclic) bond motifs is 2. The van der Waals surface area contributed by atoms with Crippen molar-refractivity contribution in [1.29, 1.82) is 0 Å². The highest BCUT2D eigenvalue weighted by Crippen LogP contribution is 2.31. The molecule has 8 heteroatoms. The number of nitrogens with zero attached hydrogens (tertiary/aromatic N) is 1. The summed E-state index contributed by atoms with van der Waals surface area (Å²) in [7, 11) is 0. The fourth-order valence-electron chi connectivity index (χ4n) is 3.77. The van der Waals surface area contributed by atoms with E-state index in [0.29, 0.717) is 28.5 Å². The molecule has 1 aromatic carbocycles. The van der Waals surface area contributed by atoms with Crippen molar-refractivity contribution in [2.45, 2.75) is 69.0 Å². The molecule has 1 aromatic rings.